The Morgan fingerprint density at radius 2 is 1.88 bits per heavy atom. The van der Waals surface area contributed by atoms with Gasteiger partial charge >= 0.3 is 0 Å². The van der Waals surface area contributed by atoms with Crippen molar-refractivity contribution < 1.29 is 0 Å². The van der Waals surface area contributed by atoms with Gasteiger partial charge in [-0.25, -0.2) is 4.98 Å². The van der Waals surface area contributed by atoms with Gasteiger partial charge in [-0.1, -0.05) is 29.8 Å². The highest BCUT2D eigenvalue weighted by molar-refractivity contribution is 6.30. The Labute approximate surface area is 146 Å². The first-order chi connectivity index (χ1) is 11.7. The molecule has 0 spiro atoms. The third-order valence-electron chi connectivity index (χ3n) is 4.20. The van der Waals surface area contributed by atoms with Gasteiger partial charge < -0.3 is 10.2 Å². The maximum absolute atomic E-state index is 5.92. The Kier molecular flexibility index (Phi) is 3.82. The molecule has 2 aromatic carbocycles. The van der Waals surface area contributed by atoms with Gasteiger partial charge in [0.1, 0.15) is 5.82 Å². The van der Waals surface area contributed by atoms with Crippen LogP contribution in [0.15, 0.2) is 60.8 Å². The zero-order valence-corrected chi connectivity index (χ0v) is 14.0. The fourth-order valence-corrected chi connectivity index (χ4v) is 3.25. The van der Waals surface area contributed by atoms with E-state index in [2.05, 4.69) is 46.4 Å². The van der Waals surface area contributed by atoms with E-state index in [9.17, 15) is 0 Å². The predicted molar refractivity (Wildman–Crippen MR) is 98.5 cm³/mol. The van der Waals surface area contributed by atoms with Crippen LogP contribution in [0.5, 0.6) is 0 Å². The molecule has 4 nitrogen and oxygen atoms in total. The van der Waals surface area contributed by atoms with Gasteiger partial charge in [-0.3, -0.25) is 0 Å². The van der Waals surface area contributed by atoms with Gasteiger partial charge in [-0.2, -0.15) is 4.98 Å². The molecule has 0 aliphatic carbocycles. The molecule has 0 saturated heterocycles. The SMILES string of the molecule is CC1Cc2ccccc2N1c1ccnc(Nc2ccc(Cl)cc2)n1. The average Bonchev–Trinajstić information content (AvgIpc) is 2.93. The zero-order chi connectivity index (χ0) is 16.5. The fraction of sp³-hybridized carbons (Fsp3) is 0.158. The number of anilines is 4. The number of halogens is 1. The van der Waals surface area contributed by atoms with Crippen LogP contribution in [0, 0.1) is 0 Å². The molecule has 0 radical (unpaired) electrons. The van der Waals surface area contributed by atoms with Crippen LogP contribution >= 0.6 is 11.6 Å². The summed E-state index contributed by atoms with van der Waals surface area (Å²) in [4.78, 5) is 11.3. The number of hydrogen-bond acceptors (Lipinski definition) is 4. The van der Waals surface area contributed by atoms with Crippen molar-refractivity contribution in [2.75, 3.05) is 10.2 Å². The summed E-state index contributed by atoms with van der Waals surface area (Å²) in [7, 11) is 0. The number of fused-ring (bicyclic) bond motifs is 1. The van der Waals surface area contributed by atoms with E-state index in [4.69, 9.17) is 16.6 Å². The predicted octanol–water partition coefficient (Wildman–Crippen LogP) is 4.96. The quantitative estimate of drug-likeness (QED) is 0.734. The summed E-state index contributed by atoms with van der Waals surface area (Å²) in [6.07, 6.45) is 2.81. The van der Waals surface area contributed by atoms with E-state index in [1.807, 2.05) is 30.3 Å². The molecule has 4 rings (SSSR count). The topological polar surface area (TPSA) is 41.1 Å². The highest BCUT2D eigenvalue weighted by Gasteiger charge is 2.27. The lowest BCUT2D eigenvalue weighted by molar-refractivity contribution is 0.749. The first kappa shape index (κ1) is 15.0. The lowest BCUT2D eigenvalue weighted by Gasteiger charge is -2.24. The molecule has 1 aliphatic rings. The molecule has 1 unspecified atom stereocenters. The number of nitrogens with zero attached hydrogens (tertiary/aromatic N) is 3. The van der Waals surface area contributed by atoms with Gasteiger partial charge in [-0.05, 0) is 55.3 Å². The van der Waals surface area contributed by atoms with Crippen LogP contribution in [-0.2, 0) is 6.42 Å². The van der Waals surface area contributed by atoms with Crippen LogP contribution < -0.4 is 10.2 Å². The largest absolute Gasteiger partial charge is 0.324 e. The number of para-hydroxylation sites is 1. The molecular weight excluding hydrogens is 320 g/mol. The Morgan fingerprint density at radius 3 is 2.71 bits per heavy atom. The van der Waals surface area contributed by atoms with Gasteiger partial charge in [0.25, 0.3) is 0 Å². The second-order valence-electron chi connectivity index (χ2n) is 5.92. The number of rotatable bonds is 3. The van der Waals surface area contributed by atoms with Crippen LogP contribution in [0.1, 0.15) is 12.5 Å². The van der Waals surface area contributed by atoms with Gasteiger partial charge in [0.05, 0.1) is 0 Å². The summed E-state index contributed by atoms with van der Waals surface area (Å²) in [6.45, 7) is 2.22. The Morgan fingerprint density at radius 1 is 1.08 bits per heavy atom. The average molecular weight is 337 g/mol. The van der Waals surface area contributed by atoms with Crippen LogP contribution in [0.25, 0.3) is 0 Å². The van der Waals surface area contributed by atoms with Gasteiger partial charge in [0.15, 0.2) is 0 Å². The molecule has 2 heterocycles. The standard InChI is InChI=1S/C19H17ClN4/c1-13-12-14-4-2-3-5-17(14)24(13)18-10-11-21-19(23-18)22-16-8-6-15(20)7-9-16/h2-11,13H,12H2,1H3,(H,21,22,23). The van der Waals surface area contributed by atoms with Crippen molar-refractivity contribution >= 4 is 34.7 Å². The van der Waals surface area contributed by atoms with E-state index in [1.54, 1.807) is 6.20 Å². The third-order valence-corrected chi connectivity index (χ3v) is 4.45. The minimum atomic E-state index is 0.376. The molecule has 3 aromatic rings. The molecular formula is C19H17ClN4. The van der Waals surface area contributed by atoms with E-state index in [-0.39, 0.29) is 0 Å². The van der Waals surface area contributed by atoms with E-state index >= 15 is 0 Å². The molecule has 5 heteroatoms. The third kappa shape index (κ3) is 2.81. The van der Waals surface area contributed by atoms with Crippen molar-refractivity contribution in [1.29, 1.82) is 0 Å². The second kappa shape index (κ2) is 6.13. The lowest BCUT2D eigenvalue weighted by Crippen LogP contribution is -2.25. The Bertz CT molecular complexity index is 863. The number of benzene rings is 2. The van der Waals surface area contributed by atoms with E-state index < -0.39 is 0 Å². The number of nitrogens with one attached hydrogen (secondary N) is 1. The van der Waals surface area contributed by atoms with Crippen molar-refractivity contribution in [3.05, 3.63) is 71.4 Å². The first-order valence-electron chi connectivity index (χ1n) is 7.93. The smallest absolute Gasteiger partial charge is 0.229 e. The van der Waals surface area contributed by atoms with E-state index in [1.165, 1.54) is 11.3 Å². The van der Waals surface area contributed by atoms with Crippen LogP contribution in [0.3, 0.4) is 0 Å². The summed E-state index contributed by atoms with van der Waals surface area (Å²) < 4.78 is 0. The molecule has 1 aliphatic heterocycles. The zero-order valence-electron chi connectivity index (χ0n) is 13.3. The molecule has 0 saturated carbocycles. The second-order valence-corrected chi connectivity index (χ2v) is 6.36. The van der Waals surface area contributed by atoms with Crippen molar-refractivity contribution in [3.8, 4) is 0 Å². The maximum atomic E-state index is 5.92. The summed E-state index contributed by atoms with van der Waals surface area (Å²) >= 11 is 5.92. The minimum absolute atomic E-state index is 0.376. The molecule has 1 atom stereocenters. The summed E-state index contributed by atoms with van der Waals surface area (Å²) in [5.74, 6) is 1.48. The highest BCUT2D eigenvalue weighted by atomic mass is 35.5. The lowest BCUT2D eigenvalue weighted by atomic mass is 10.1. The van der Waals surface area contributed by atoms with E-state index in [0.717, 1.165) is 17.9 Å². The maximum Gasteiger partial charge on any atom is 0.229 e. The molecule has 0 fully saturated rings. The molecule has 120 valence electrons. The Hall–Kier alpha value is -2.59. The van der Waals surface area contributed by atoms with E-state index in [0.29, 0.717) is 17.0 Å². The van der Waals surface area contributed by atoms with Crippen molar-refractivity contribution in [1.82, 2.24) is 9.97 Å². The fourth-order valence-electron chi connectivity index (χ4n) is 3.12. The van der Waals surface area contributed by atoms with Crippen molar-refractivity contribution in [3.63, 3.8) is 0 Å². The molecule has 0 bridgehead atoms. The normalized spacial score (nSPS) is 16.1. The monoisotopic (exact) mass is 336 g/mol. The number of hydrogen-bond donors (Lipinski definition) is 1. The molecule has 1 aromatic heterocycles. The van der Waals surface area contributed by atoms with Crippen molar-refractivity contribution in [2.24, 2.45) is 0 Å². The highest BCUT2D eigenvalue weighted by Crippen LogP contribution is 2.37. The number of aromatic nitrogens is 2. The van der Waals surface area contributed by atoms with Crippen LogP contribution in [0.4, 0.5) is 23.1 Å². The van der Waals surface area contributed by atoms with Gasteiger partial charge in [0.2, 0.25) is 5.95 Å². The minimum Gasteiger partial charge on any atom is -0.324 e. The summed E-state index contributed by atoms with van der Waals surface area (Å²) in [5, 5.41) is 3.93. The van der Waals surface area contributed by atoms with Gasteiger partial charge in [0, 0.05) is 28.6 Å². The summed E-state index contributed by atoms with van der Waals surface area (Å²) in [5.41, 5.74) is 3.49. The van der Waals surface area contributed by atoms with Gasteiger partial charge in [-0.15, -0.1) is 0 Å². The molecule has 0 amide bonds. The van der Waals surface area contributed by atoms with Crippen molar-refractivity contribution in [2.45, 2.75) is 19.4 Å². The Balaban J connectivity index is 1.64. The first-order valence-corrected chi connectivity index (χ1v) is 8.31. The molecule has 1 N–H and O–H groups in total. The molecule has 24 heavy (non-hydrogen) atoms. The van der Waals surface area contributed by atoms with Crippen LogP contribution in [0.2, 0.25) is 5.02 Å². The van der Waals surface area contributed by atoms with Crippen LogP contribution in [-0.4, -0.2) is 16.0 Å². The summed E-state index contributed by atoms with van der Waals surface area (Å²) in [6, 6.07) is 18.3.